The van der Waals surface area contributed by atoms with Gasteiger partial charge in [0.05, 0.1) is 5.69 Å². The standard InChI is InChI=1S/C56H65BN2/c1-6-11-19-41-26-31-47(32-27-41)58-52-34-29-43(21-13-8-3)37-49(52)57-50-38-44(22-14-9-4)30-35-53(50)59(55-40-45(23-15-10-5)39-54(58)56(55)57)51-33-28-42(20-12-7-2)36-48(51)46-24-17-16-18-25-46/h16-18,24-40H,6-15,19-23H2,1-5H3. The van der Waals surface area contributed by atoms with E-state index in [-0.39, 0.29) is 6.71 Å². The van der Waals surface area contributed by atoms with Gasteiger partial charge in [0.2, 0.25) is 0 Å². The summed E-state index contributed by atoms with van der Waals surface area (Å²) in [6, 6.07) is 48.2. The topological polar surface area (TPSA) is 6.48 Å². The van der Waals surface area contributed by atoms with Crippen LogP contribution < -0.4 is 26.2 Å². The number of unbranched alkanes of at least 4 members (excludes halogenated alkanes) is 5. The first kappa shape index (κ1) is 40.8. The summed E-state index contributed by atoms with van der Waals surface area (Å²) in [5, 5.41) is 0. The molecule has 302 valence electrons. The molecule has 2 heterocycles. The maximum absolute atomic E-state index is 2.67. The molecule has 59 heavy (non-hydrogen) atoms. The third-order valence-corrected chi connectivity index (χ3v) is 12.9. The molecule has 3 heteroatoms. The molecule has 0 radical (unpaired) electrons. The van der Waals surface area contributed by atoms with Crippen molar-refractivity contribution in [2.24, 2.45) is 0 Å². The molecular weight excluding hydrogens is 711 g/mol. The maximum Gasteiger partial charge on any atom is 0.252 e. The molecule has 0 aromatic heterocycles. The Morgan fingerprint density at radius 2 is 0.814 bits per heavy atom. The zero-order valence-corrected chi connectivity index (χ0v) is 36.6. The van der Waals surface area contributed by atoms with Gasteiger partial charge in [-0.25, -0.2) is 0 Å². The Morgan fingerprint density at radius 3 is 1.36 bits per heavy atom. The number of fused-ring (bicyclic) bond motifs is 4. The van der Waals surface area contributed by atoms with Gasteiger partial charge in [-0.05, 0) is 163 Å². The van der Waals surface area contributed by atoms with Crippen molar-refractivity contribution < 1.29 is 0 Å². The Kier molecular flexibility index (Phi) is 13.1. The van der Waals surface area contributed by atoms with Crippen molar-refractivity contribution in [3.63, 3.8) is 0 Å². The van der Waals surface area contributed by atoms with Gasteiger partial charge in [0.15, 0.2) is 0 Å². The third kappa shape index (κ3) is 8.41. The van der Waals surface area contributed by atoms with E-state index in [1.807, 2.05) is 0 Å². The lowest BCUT2D eigenvalue weighted by molar-refractivity contribution is 0.794. The van der Waals surface area contributed by atoms with Gasteiger partial charge in [-0.3, -0.25) is 0 Å². The van der Waals surface area contributed by atoms with Crippen molar-refractivity contribution in [3.8, 4) is 11.1 Å². The van der Waals surface area contributed by atoms with Crippen LogP contribution in [0.4, 0.5) is 34.1 Å². The fourth-order valence-corrected chi connectivity index (χ4v) is 9.65. The van der Waals surface area contributed by atoms with Gasteiger partial charge in [0.1, 0.15) is 0 Å². The normalized spacial score (nSPS) is 12.7. The van der Waals surface area contributed by atoms with Gasteiger partial charge < -0.3 is 9.80 Å². The molecule has 0 unspecified atom stereocenters. The van der Waals surface area contributed by atoms with Gasteiger partial charge >= 0.3 is 0 Å². The van der Waals surface area contributed by atoms with Gasteiger partial charge in [0, 0.05) is 34.0 Å². The molecule has 0 bridgehead atoms. The average molecular weight is 777 g/mol. The smallest absolute Gasteiger partial charge is 0.252 e. The molecule has 2 aliphatic rings. The molecule has 0 fully saturated rings. The second-order valence-corrected chi connectivity index (χ2v) is 17.3. The minimum Gasteiger partial charge on any atom is -0.311 e. The Morgan fingerprint density at radius 1 is 0.373 bits per heavy atom. The SMILES string of the molecule is CCCCc1ccc(N2c3ccc(CCCC)cc3B3c4cc(CCCC)ccc4N(c4ccc(CCCC)cc4-c4ccccc4)c4cc(CCCC)cc2c43)cc1. The van der Waals surface area contributed by atoms with Gasteiger partial charge in [-0.1, -0.05) is 140 Å². The summed E-state index contributed by atoms with van der Waals surface area (Å²) < 4.78 is 0. The summed E-state index contributed by atoms with van der Waals surface area (Å²) in [6.07, 6.45) is 17.5. The van der Waals surface area contributed by atoms with Gasteiger partial charge in [-0.2, -0.15) is 0 Å². The van der Waals surface area contributed by atoms with E-state index in [0.717, 1.165) is 32.1 Å². The molecule has 6 aromatic carbocycles. The molecule has 0 atom stereocenters. The van der Waals surface area contributed by atoms with Crippen molar-refractivity contribution in [1.82, 2.24) is 0 Å². The van der Waals surface area contributed by atoms with Crippen molar-refractivity contribution in [3.05, 3.63) is 149 Å². The highest BCUT2D eigenvalue weighted by Gasteiger charge is 2.44. The Labute approximate surface area is 356 Å². The van der Waals surface area contributed by atoms with Crippen molar-refractivity contribution in [1.29, 1.82) is 0 Å². The quantitative estimate of drug-likeness (QED) is 0.0801. The van der Waals surface area contributed by atoms with Crippen LogP contribution in [0.2, 0.25) is 0 Å². The van der Waals surface area contributed by atoms with Crippen LogP contribution in [0.5, 0.6) is 0 Å². The van der Waals surface area contributed by atoms with E-state index in [0.29, 0.717) is 0 Å². The second-order valence-electron chi connectivity index (χ2n) is 17.3. The zero-order chi connectivity index (χ0) is 40.7. The predicted octanol–water partition coefficient (Wildman–Crippen LogP) is 14.1. The number of hydrogen-bond acceptors (Lipinski definition) is 2. The number of anilines is 6. The summed E-state index contributed by atoms with van der Waals surface area (Å²) in [5.41, 5.74) is 21.9. The summed E-state index contributed by atoms with van der Waals surface area (Å²) in [5.74, 6) is 0. The lowest BCUT2D eigenvalue weighted by Gasteiger charge is -2.45. The van der Waals surface area contributed by atoms with Crippen LogP contribution in [-0.2, 0) is 32.1 Å². The Balaban J connectivity index is 1.43. The highest BCUT2D eigenvalue weighted by atomic mass is 15.2. The molecule has 0 spiro atoms. The van der Waals surface area contributed by atoms with Crippen LogP contribution in [0.3, 0.4) is 0 Å². The number of rotatable bonds is 18. The van der Waals surface area contributed by atoms with E-state index in [9.17, 15) is 0 Å². The zero-order valence-electron chi connectivity index (χ0n) is 36.6. The third-order valence-electron chi connectivity index (χ3n) is 12.9. The maximum atomic E-state index is 2.67. The molecule has 0 saturated heterocycles. The monoisotopic (exact) mass is 777 g/mol. The van der Waals surface area contributed by atoms with E-state index < -0.39 is 0 Å². The van der Waals surface area contributed by atoms with Crippen LogP contribution in [0.25, 0.3) is 11.1 Å². The molecule has 8 rings (SSSR count). The van der Waals surface area contributed by atoms with Crippen molar-refractivity contribution in [2.75, 3.05) is 9.80 Å². The Bertz CT molecular complexity index is 2340. The summed E-state index contributed by atoms with van der Waals surface area (Å²) in [6.45, 7) is 11.7. The minimum atomic E-state index is 0.133. The van der Waals surface area contributed by atoms with Crippen LogP contribution in [0.15, 0.2) is 121 Å². The van der Waals surface area contributed by atoms with E-state index in [4.69, 9.17) is 0 Å². The average Bonchev–Trinajstić information content (AvgIpc) is 3.28. The van der Waals surface area contributed by atoms with E-state index >= 15 is 0 Å². The number of aryl methyl sites for hydroxylation is 5. The van der Waals surface area contributed by atoms with Gasteiger partial charge in [0.25, 0.3) is 6.71 Å². The largest absolute Gasteiger partial charge is 0.311 e. The second kappa shape index (κ2) is 18.9. The van der Waals surface area contributed by atoms with Crippen LogP contribution >= 0.6 is 0 Å². The molecule has 2 nitrogen and oxygen atoms in total. The molecule has 0 amide bonds. The first-order valence-electron chi connectivity index (χ1n) is 23.4. The van der Waals surface area contributed by atoms with Crippen LogP contribution in [0, 0.1) is 0 Å². The molecule has 0 aliphatic carbocycles. The lowest BCUT2D eigenvalue weighted by Crippen LogP contribution is -2.61. The fourth-order valence-electron chi connectivity index (χ4n) is 9.65. The summed E-state index contributed by atoms with van der Waals surface area (Å²) in [7, 11) is 0. The predicted molar refractivity (Wildman–Crippen MR) is 259 cm³/mol. The van der Waals surface area contributed by atoms with Crippen molar-refractivity contribution >= 4 is 57.2 Å². The number of benzene rings is 6. The molecule has 2 aliphatic heterocycles. The summed E-state index contributed by atoms with van der Waals surface area (Å²) in [4.78, 5) is 5.30. The number of hydrogen-bond donors (Lipinski definition) is 0. The highest BCUT2D eigenvalue weighted by Crippen LogP contribution is 2.47. The van der Waals surface area contributed by atoms with Crippen LogP contribution in [0.1, 0.15) is 127 Å². The fraction of sp³-hybridized carbons (Fsp3) is 0.357. The highest BCUT2D eigenvalue weighted by molar-refractivity contribution is 7.00. The van der Waals surface area contributed by atoms with E-state index in [1.54, 1.807) is 0 Å². The number of nitrogens with zero attached hydrogens (tertiary/aromatic N) is 2. The van der Waals surface area contributed by atoms with E-state index in [1.165, 1.54) is 154 Å². The molecular formula is C56H65BN2. The molecule has 0 saturated carbocycles. The van der Waals surface area contributed by atoms with Crippen molar-refractivity contribution in [2.45, 2.75) is 131 Å². The van der Waals surface area contributed by atoms with Crippen LogP contribution in [-0.4, -0.2) is 6.71 Å². The lowest BCUT2D eigenvalue weighted by atomic mass is 9.33. The molecule has 0 N–H and O–H groups in total. The first-order valence-corrected chi connectivity index (χ1v) is 23.4. The Hall–Kier alpha value is -5.02. The first-order chi connectivity index (χ1) is 29.1. The minimum absolute atomic E-state index is 0.133. The van der Waals surface area contributed by atoms with Gasteiger partial charge in [-0.15, -0.1) is 0 Å². The molecule has 6 aromatic rings. The summed E-state index contributed by atoms with van der Waals surface area (Å²) >= 11 is 0. The van der Waals surface area contributed by atoms with E-state index in [2.05, 4.69) is 166 Å².